The number of amides is 2. The third-order valence-electron chi connectivity index (χ3n) is 5.57. The van der Waals surface area contributed by atoms with E-state index in [2.05, 4.69) is 25.9 Å². The summed E-state index contributed by atoms with van der Waals surface area (Å²) in [6, 6.07) is 11.5. The van der Waals surface area contributed by atoms with Crippen molar-refractivity contribution in [3.8, 4) is 0 Å². The van der Waals surface area contributed by atoms with Crippen molar-refractivity contribution in [2.45, 2.75) is 56.5 Å². The molecule has 9 heteroatoms. The Morgan fingerprint density at radius 1 is 1.06 bits per heavy atom. The minimum absolute atomic E-state index is 0.0478. The van der Waals surface area contributed by atoms with Crippen LogP contribution in [0.25, 0.3) is 5.65 Å². The summed E-state index contributed by atoms with van der Waals surface area (Å²) in [4.78, 5) is 24.6. The smallest absolute Gasteiger partial charge is 0.251 e. The van der Waals surface area contributed by atoms with E-state index in [4.69, 9.17) is 0 Å². The summed E-state index contributed by atoms with van der Waals surface area (Å²) in [5, 5.41) is 19.7. The van der Waals surface area contributed by atoms with Gasteiger partial charge in [0.05, 0.1) is 5.75 Å². The Balaban J connectivity index is 1.30. The van der Waals surface area contributed by atoms with Gasteiger partial charge in [0, 0.05) is 24.6 Å². The van der Waals surface area contributed by atoms with Gasteiger partial charge in [-0.25, -0.2) is 0 Å². The molecule has 2 heterocycles. The number of nitrogens with zero attached hydrogens (tertiary/aromatic N) is 4. The van der Waals surface area contributed by atoms with Crippen LogP contribution >= 0.6 is 11.8 Å². The van der Waals surface area contributed by atoms with Gasteiger partial charge in [-0.3, -0.25) is 9.59 Å². The van der Waals surface area contributed by atoms with Crippen LogP contribution in [0.1, 0.15) is 53.8 Å². The lowest BCUT2D eigenvalue weighted by Crippen LogP contribution is -2.37. The number of carbonyl (C=O) groups is 2. The quantitative estimate of drug-likeness (QED) is 0.510. The molecule has 1 saturated carbocycles. The van der Waals surface area contributed by atoms with Crippen molar-refractivity contribution >= 4 is 29.2 Å². The second-order valence-corrected chi connectivity index (χ2v) is 9.12. The van der Waals surface area contributed by atoms with E-state index in [-0.39, 0.29) is 11.8 Å². The lowest BCUT2D eigenvalue weighted by Gasteiger charge is -2.22. The summed E-state index contributed by atoms with van der Waals surface area (Å²) in [5.74, 6) is 0.927. The van der Waals surface area contributed by atoms with Crippen molar-refractivity contribution in [3.05, 3.63) is 53.3 Å². The van der Waals surface area contributed by atoms with Gasteiger partial charge in [-0.1, -0.05) is 48.7 Å². The molecular weight excluding hydrogens is 424 g/mol. The lowest BCUT2D eigenvalue weighted by atomic mass is 9.95. The summed E-state index contributed by atoms with van der Waals surface area (Å²) in [6.45, 7) is 2.41. The molecular formula is C23H28N6O2S. The maximum atomic E-state index is 12.3. The number of nitrogens with one attached hydrogen (secondary N) is 2. The van der Waals surface area contributed by atoms with Crippen LogP contribution in [0.5, 0.6) is 0 Å². The molecule has 0 saturated heterocycles. The van der Waals surface area contributed by atoms with Crippen molar-refractivity contribution < 1.29 is 9.59 Å². The highest BCUT2D eigenvalue weighted by molar-refractivity contribution is 7.99. The van der Waals surface area contributed by atoms with E-state index in [9.17, 15) is 9.59 Å². The zero-order valence-electron chi connectivity index (χ0n) is 18.2. The molecule has 0 bridgehead atoms. The number of hydrogen-bond donors (Lipinski definition) is 2. The fraction of sp³-hybridized carbons (Fsp3) is 0.435. The van der Waals surface area contributed by atoms with Crippen LogP contribution in [0, 0.1) is 6.92 Å². The van der Waals surface area contributed by atoms with Gasteiger partial charge in [0.25, 0.3) is 5.91 Å². The number of fused-ring (bicyclic) bond motifs is 1. The first kappa shape index (κ1) is 22.3. The van der Waals surface area contributed by atoms with E-state index in [1.165, 1.54) is 31.0 Å². The van der Waals surface area contributed by atoms with E-state index >= 15 is 0 Å². The Morgan fingerprint density at radius 3 is 2.62 bits per heavy atom. The molecule has 0 aliphatic heterocycles. The highest BCUT2D eigenvalue weighted by Crippen LogP contribution is 2.19. The maximum Gasteiger partial charge on any atom is 0.251 e. The number of thioether (sulfide) groups is 1. The molecule has 2 N–H and O–H groups in total. The van der Waals surface area contributed by atoms with Crippen molar-refractivity contribution in [1.29, 1.82) is 0 Å². The van der Waals surface area contributed by atoms with E-state index in [0.717, 1.165) is 23.4 Å². The third kappa shape index (κ3) is 5.85. The second kappa shape index (κ2) is 10.6. The van der Waals surface area contributed by atoms with Crippen LogP contribution in [0.4, 0.5) is 0 Å². The molecule has 0 radical (unpaired) electrons. The van der Waals surface area contributed by atoms with E-state index in [1.54, 1.807) is 4.52 Å². The van der Waals surface area contributed by atoms with Gasteiger partial charge in [0.15, 0.2) is 11.5 Å². The third-order valence-corrected chi connectivity index (χ3v) is 6.49. The molecule has 1 aliphatic rings. The van der Waals surface area contributed by atoms with Crippen molar-refractivity contribution in [2.75, 3.05) is 12.3 Å². The summed E-state index contributed by atoms with van der Waals surface area (Å²) < 4.78 is 1.68. The molecule has 32 heavy (non-hydrogen) atoms. The van der Waals surface area contributed by atoms with Gasteiger partial charge < -0.3 is 10.6 Å². The van der Waals surface area contributed by atoms with Crippen LogP contribution in [-0.2, 0) is 11.2 Å². The van der Waals surface area contributed by atoms with Gasteiger partial charge in [-0.05, 0) is 44.0 Å². The van der Waals surface area contributed by atoms with Gasteiger partial charge in [0.1, 0.15) is 5.03 Å². The molecule has 8 nitrogen and oxygen atoms in total. The molecule has 3 aromatic rings. The van der Waals surface area contributed by atoms with Crippen LogP contribution in [-0.4, -0.2) is 50.0 Å². The Hall–Kier alpha value is -2.94. The van der Waals surface area contributed by atoms with Crippen LogP contribution < -0.4 is 10.6 Å². The zero-order chi connectivity index (χ0) is 22.3. The molecule has 1 fully saturated rings. The summed E-state index contributed by atoms with van der Waals surface area (Å²) in [6.07, 6.45) is 6.30. The first-order valence-corrected chi connectivity index (χ1v) is 12.1. The predicted molar refractivity (Wildman–Crippen MR) is 124 cm³/mol. The van der Waals surface area contributed by atoms with Crippen molar-refractivity contribution in [1.82, 2.24) is 30.4 Å². The number of benzene rings is 1. The van der Waals surface area contributed by atoms with E-state index in [1.807, 2.05) is 43.3 Å². The summed E-state index contributed by atoms with van der Waals surface area (Å²) >= 11 is 1.40. The highest BCUT2D eigenvalue weighted by Gasteiger charge is 2.16. The number of aromatic nitrogens is 4. The SMILES string of the molecule is Cc1ccc(C(=O)NCCc2nnc3ccc(SCC(=O)NC4CCCCC4)nn23)cc1. The second-order valence-electron chi connectivity index (χ2n) is 8.12. The van der Waals surface area contributed by atoms with Crippen molar-refractivity contribution in [2.24, 2.45) is 0 Å². The van der Waals surface area contributed by atoms with Crippen LogP contribution in [0.15, 0.2) is 41.4 Å². The standard InChI is InChI=1S/C23H28N6O2S/c1-16-7-9-17(10-8-16)23(31)24-14-13-20-27-26-19-11-12-22(28-29(19)20)32-15-21(30)25-18-5-3-2-4-6-18/h7-12,18H,2-6,13-15H2,1H3,(H,24,31)(H,25,30). The number of rotatable bonds is 8. The minimum atomic E-state index is -0.119. The minimum Gasteiger partial charge on any atom is -0.353 e. The molecule has 0 unspecified atom stereocenters. The van der Waals surface area contributed by atoms with Crippen LogP contribution in [0.2, 0.25) is 0 Å². The number of hydrogen-bond acceptors (Lipinski definition) is 6. The van der Waals surface area contributed by atoms with Gasteiger partial charge >= 0.3 is 0 Å². The molecule has 0 atom stereocenters. The maximum absolute atomic E-state index is 12.3. The summed E-state index contributed by atoms with van der Waals surface area (Å²) in [5.41, 5.74) is 2.38. The Bertz CT molecular complexity index is 1080. The highest BCUT2D eigenvalue weighted by atomic mass is 32.2. The largest absolute Gasteiger partial charge is 0.353 e. The van der Waals surface area contributed by atoms with Crippen molar-refractivity contribution in [3.63, 3.8) is 0 Å². The lowest BCUT2D eigenvalue weighted by molar-refractivity contribution is -0.119. The average molecular weight is 453 g/mol. The van der Waals surface area contributed by atoms with E-state index in [0.29, 0.717) is 41.8 Å². The van der Waals surface area contributed by atoms with Gasteiger partial charge in [-0.2, -0.15) is 9.61 Å². The Morgan fingerprint density at radius 2 is 1.84 bits per heavy atom. The first-order chi connectivity index (χ1) is 15.6. The van der Waals surface area contributed by atoms with Gasteiger partial charge in [-0.15, -0.1) is 10.2 Å². The molecule has 2 amide bonds. The molecule has 4 rings (SSSR count). The molecule has 2 aromatic heterocycles. The normalized spacial score (nSPS) is 14.4. The van der Waals surface area contributed by atoms with E-state index < -0.39 is 0 Å². The summed E-state index contributed by atoms with van der Waals surface area (Å²) in [7, 11) is 0. The topological polar surface area (TPSA) is 101 Å². The fourth-order valence-corrected chi connectivity index (χ4v) is 4.47. The van der Waals surface area contributed by atoms with Gasteiger partial charge in [0.2, 0.25) is 5.91 Å². The zero-order valence-corrected chi connectivity index (χ0v) is 19.0. The number of carbonyl (C=O) groups excluding carboxylic acids is 2. The Labute approximate surface area is 191 Å². The monoisotopic (exact) mass is 452 g/mol. The average Bonchev–Trinajstić information content (AvgIpc) is 3.21. The predicted octanol–water partition coefficient (Wildman–Crippen LogP) is 2.95. The van der Waals surface area contributed by atoms with Crippen LogP contribution in [0.3, 0.4) is 0 Å². The molecule has 0 spiro atoms. The first-order valence-electron chi connectivity index (χ1n) is 11.1. The number of aryl methyl sites for hydroxylation is 1. The molecule has 1 aromatic carbocycles. The fourth-order valence-electron chi connectivity index (χ4n) is 3.80. The molecule has 168 valence electrons. The molecule has 1 aliphatic carbocycles. The Kier molecular flexibility index (Phi) is 7.36.